The molecule has 1 aliphatic rings. The van der Waals surface area contributed by atoms with E-state index in [-0.39, 0.29) is 11.9 Å². The highest BCUT2D eigenvalue weighted by Crippen LogP contribution is 2.14. The van der Waals surface area contributed by atoms with Crippen LogP contribution >= 0.6 is 0 Å². The highest BCUT2D eigenvalue weighted by Gasteiger charge is 2.26. The Labute approximate surface area is 106 Å². The number of sulfonamides is 1. The Morgan fingerprint density at radius 1 is 1.44 bits per heavy atom. The largest absolute Gasteiger partial charge is 0.459 e. The van der Waals surface area contributed by atoms with Gasteiger partial charge in [-0.1, -0.05) is 0 Å². The van der Waals surface area contributed by atoms with E-state index in [0.29, 0.717) is 31.7 Å². The van der Waals surface area contributed by atoms with E-state index in [1.165, 1.54) is 6.26 Å². The third-order valence-corrected chi connectivity index (χ3v) is 3.66. The van der Waals surface area contributed by atoms with Crippen molar-refractivity contribution in [2.45, 2.75) is 18.9 Å². The molecular formula is C11H16N2O4S. The summed E-state index contributed by atoms with van der Waals surface area (Å²) in [6, 6.07) is 3.22. The van der Waals surface area contributed by atoms with Crippen LogP contribution < -0.4 is 4.72 Å². The summed E-state index contributed by atoms with van der Waals surface area (Å²) in [4.78, 5) is 13.6. The monoisotopic (exact) mass is 272 g/mol. The summed E-state index contributed by atoms with van der Waals surface area (Å²) in [6.45, 7) is 1.07. The Balaban J connectivity index is 1.89. The van der Waals surface area contributed by atoms with Crippen molar-refractivity contribution >= 4 is 15.9 Å². The van der Waals surface area contributed by atoms with Crippen LogP contribution in [0.15, 0.2) is 22.8 Å². The van der Waals surface area contributed by atoms with Gasteiger partial charge in [-0.25, -0.2) is 13.1 Å². The lowest BCUT2D eigenvalue weighted by Gasteiger charge is -2.31. The van der Waals surface area contributed by atoms with Crippen molar-refractivity contribution in [1.82, 2.24) is 9.62 Å². The molecule has 100 valence electrons. The van der Waals surface area contributed by atoms with Crippen LogP contribution in [0.5, 0.6) is 0 Å². The highest BCUT2D eigenvalue weighted by molar-refractivity contribution is 7.88. The second-order valence-electron chi connectivity index (χ2n) is 4.43. The molecule has 0 atom stereocenters. The first-order valence-electron chi connectivity index (χ1n) is 5.76. The van der Waals surface area contributed by atoms with E-state index in [1.54, 1.807) is 17.0 Å². The smallest absolute Gasteiger partial charge is 0.289 e. The average Bonchev–Trinajstić information content (AvgIpc) is 2.80. The van der Waals surface area contributed by atoms with Crippen LogP contribution in [0.3, 0.4) is 0 Å². The minimum Gasteiger partial charge on any atom is -0.459 e. The van der Waals surface area contributed by atoms with E-state index in [2.05, 4.69) is 4.72 Å². The molecule has 1 aromatic heterocycles. The molecule has 7 heteroatoms. The Morgan fingerprint density at radius 3 is 2.61 bits per heavy atom. The number of nitrogens with one attached hydrogen (secondary N) is 1. The number of amides is 1. The highest BCUT2D eigenvalue weighted by atomic mass is 32.2. The topological polar surface area (TPSA) is 79.6 Å². The van der Waals surface area contributed by atoms with E-state index < -0.39 is 10.0 Å². The van der Waals surface area contributed by atoms with Crippen molar-refractivity contribution in [3.05, 3.63) is 24.2 Å². The van der Waals surface area contributed by atoms with Crippen LogP contribution in [0.25, 0.3) is 0 Å². The standard InChI is InChI=1S/C11H16N2O4S/c1-18(15,16)12-9-4-6-13(7-5-9)11(14)10-3-2-8-17-10/h2-3,8-9,12H,4-7H2,1H3. The first-order chi connectivity index (χ1) is 8.46. The van der Waals surface area contributed by atoms with Crippen molar-refractivity contribution in [2.75, 3.05) is 19.3 Å². The molecule has 1 N–H and O–H groups in total. The third kappa shape index (κ3) is 3.33. The number of hydrogen-bond acceptors (Lipinski definition) is 4. The fraction of sp³-hybridized carbons (Fsp3) is 0.545. The molecule has 1 amide bonds. The van der Waals surface area contributed by atoms with E-state index in [0.717, 1.165) is 6.26 Å². The lowest BCUT2D eigenvalue weighted by atomic mass is 10.1. The molecule has 1 fully saturated rings. The molecule has 6 nitrogen and oxygen atoms in total. The zero-order chi connectivity index (χ0) is 13.2. The normalized spacial score (nSPS) is 17.9. The second-order valence-corrected chi connectivity index (χ2v) is 6.21. The summed E-state index contributed by atoms with van der Waals surface area (Å²) in [6.07, 6.45) is 3.86. The van der Waals surface area contributed by atoms with Crippen LogP contribution in [-0.2, 0) is 10.0 Å². The molecule has 0 bridgehead atoms. The maximum absolute atomic E-state index is 11.9. The third-order valence-electron chi connectivity index (χ3n) is 2.89. The van der Waals surface area contributed by atoms with Gasteiger partial charge in [0.25, 0.3) is 5.91 Å². The number of furan rings is 1. The molecular weight excluding hydrogens is 256 g/mol. The van der Waals surface area contributed by atoms with Gasteiger partial charge in [0.1, 0.15) is 0 Å². The molecule has 0 spiro atoms. The van der Waals surface area contributed by atoms with E-state index in [4.69, 9.17) is 4.42 Å². The summed E-state index contributed by atoms with van der Waals surface area (Å²) < 4.78 is 29.8. The first-order valence-corrected chi connectivity index (χ1v) is 7.65. The average molecular weight is 272 g/mol. The number of hydrogen-bond donors (Lipinski definition) is 1. The zero-order valence-electron chi connectivity index (χ0n) is 10.1. The van der Waals surface area contributed by atoms with E-state index in [1.807, 2.05) is 0 Å². The van der Waals surface area contributed by atoms with Gasteiger partial charge in [0.05, 0.1) is 12.5 Å². The molecule has 1 saturated heterocycles. The van der Waals surface area contributed by atoms with Gasteiger partial charge >= 0.3 is 0 Å². The predicted molar refractivity (Wildman–Crippen MR) is 65.6 cm³/mol. The van der Waals surface area contributed by atoms with Gasteiger partial charge in [-0.3, -0.25) is 4.79 Å². The lowest BCUT2D eigenvalue weighted by molar-refractivity contribution is 0.0679. The van der Waals surface area contributed by atoms with E-state index >= 15 is 0 Å². The maximum Gasteiger partial charge on any atom is 0.289 e. The Morgan fingerprint density at radius 2 is 2.11 bits per heavy atom. The van der Waals surface area contributed by atoms with Crippen molar-refractivity contribution in [1.29, 1.82) is 0 Å². The number of carbonyl (C=O) groups is 1. The van der Waals surface area contributed by atoms with Gasteiger partial charge in [-0.05, 0) is 25.0 Å². The first kappa shape index (κ1) is 13.1. The van der Waals surface area contributed by atoms with Crippen LogP contribution in [0.4, 0.5) is 0 Å². The van der Waals surface area contributed by atoms with Gasteiger partial charge in [0.2, 0.25) is 10.0 Å². The molecule has 0 saturated carbocycles. The summed E-state index contributed by atoms with van der Waals surface area (Å²) in [7, 11) is -3.18. The SMILES string of the molecule is CS(=O)(=O)NC1CCN(C(=O)c2ccco2)CC1. The summed E-state index contributed by atoms with van der Waals surface area (Å²) in [5.41, 5.74) is 0. The van der Waals surface area contributed by atoms with E-state index in [9.17, 15) is 13.2 Å². The van der Waals surface area contributed by atoms with Crippen molar-refractivity contribution in [2.24, 2.45) is 0 Å². The molecule has 0 aliphatic carbocycles. The quantitative estimate of drug-likeness (QED) is 0.865. The fourth-order valence-electron chi connectivity index (χ4n) is 2.06. The zero-order valence-corrected chi connectivity index (χ0v) is 10.9. The van der Waals surface area contributed by atoms with Gasteiger partial charge in [-0.2, -0.15) is 0 Å². The number of piperidine rings is 1. The van der Waals surface area contributed by atoms with Gasteiger partial charge in [0, 0.05) is 19.1 Å². The summed E-state index contributed by atoms with van der Waals surface area (Å²) in [5.74, 6) is 0.183. The van der Waals surface area contributed by atoms with Gasteiger partial charge in [-0.15, -0.1) is 0 Å². The van der Waals surface area contributed by atoms with Crippen molar-refractivity contribution < 1.29 is 17.6 Å². The molecule has 0 radical (unpaired) electrons. The minimum atomic E-state index is -3.18. The molecule has 0 unspecified atom stereocenters. The molecule has 18 heavy (non-hydrogen) atoms. The van der Waals surface area contributed by atoms with Crippen LogP contribution in [0.2, 0.25) is 0 Å². The number of rotatable bonds is 3. The van der Waals surface area contributed by atoms with Crippen LogP contribution in [0.1, 0.15) is 23.4 Å². The second kappa shape index (κ2) is 5.11. The summed E-state index contributed by atoms with van der Waals surface area (Å²) in [5, 5.41) is 0. The molecule has 2 heterocycles. The molecule has 1 aliphatic heterocycles. The van der Waals surface area contributed by atoms with Crippen LogP contribution in [-0.4, -0.2) is 44.6 Å². The molecule has 2 rings (SSSR count). The number of likely N-dealkylation sites (tertiary alicyclic amines) is 1. The minimum absolute atomic E-state index is 0.0827. The molecule has 0 aromatic carbocycles. The maximum atomic E-state index is 11.9. The van der Waals surface area contributed by atoms with Crippen molar-refractivity contribution in [3.8, 4) is 0 Å². The molecule has 1 aromatic rings. The van der Waals surface area contributed by atoms with Crippen LogP contribution in [0, 0.1) is 0 Å². The fourth-order valence-corrected chi connectivity index (χ4v) is 2.90. The number of nitrogens with zero attached hydrogens (tertiary/aromatic N) is 1. The van der Waals surface area contributed by atoms with Gasteiger partial charge < -0.3 is 9.32 Å². The lowest BCUT2D eigenvalue weighted by Crippen LogP contribution is -2.46. The summed E-state index contributed by atoms with van der Waals surface area (Å²) >= 11 is 0. The van der Waals surface area contributed by atoms with Gasteiger partial charge in [0.15, 0.2) is 5.76 Å². The number of carbonyl (C=O) groups excluding carboxylic acids is 1. The Kier molecular flexibility index (Phi) is 3.72. The van der Waals surface area contributed by atoms with Crippen molar-refractivity contribution in [3.63, 3.8) is 0 Å². The predicted octanol–water partition coefficient (Wildman–Crippen LogP) is 0.433. The Bertz CT molecular complexity index is 501. The Hall–Kier alpha value is -1.34.